The Hall–Kier alpha value is -0.760. The molecule has 0 aromatic rings. The minimum Gasteiger partial charge on any atom is -0.412 e. The molecule has 0 aromatic carbocycles. The van der Waals surface area contributed by atoms with Crippen LogP contribution in [0.1, 0.15) is 26.7 Å². The maximum absolute atomic E-state index is 2.36. The summed E-state index contributed by atoms with van der Waals surface area (Å²) in [5.41, 5.74) is 1.39. The van der Waals surface area contributed by atoms with Gasteiger partial charge in [0.05, 0.1) is 0 Å². The van der Waals surface area contributed by atoms with Crippen molar-refractivity contribution in [2.75, 3.05) is 13.1 Å². The smallest absolute Gasteiger partial charge is 0.0359 e. The number of hydrogen-bond acceptors (Lipinski definition) is 1. The third kappa shape index (κ3) is 3.58. The molecule has 0 amide bonds. The van der Waals surface area contributed by atoms with Gasteiger partial charge in [-0.25, -0.2) is 0 Å². The van der Waals surface area contributed by atoms with E-state index in [0.29, 0.717) is 0 Å². The van der Waals surface area contributed by atoms with Gasteiger partial charge in [0.15, 0.2) is 0 Å². The Bertz CT molecular complexity index is 173. The van der Waals surface area contributed by atoms with E-state index in [0.717, 1.165) is 6.54 Å². The second-order valence-electron chi connectivity index (χ2n) is 3.11. The van der Waals surface area contributed by atoms with Crippen molar-refractivity contribution in [1.82, 2.24) is 4.90 Å². The standard InChI is InChI=1S/C10H17N.H2O/c1-3-4-7-11-8-5-10(2)6-9-11;/h5-6,8H,3-4,7,9H2,1-2H3;1H2. The molecule has 0 spiro atoms. The van der Waals surface area contributed by atoms with Gasteiger partial charge >= 0.3 is 0 Å². The average molecular weight is 169 g/mol. The molecule has 1 heterocycles. The van der Waals surface area contributed by atoms with Gasteiger partial charge in [-0.15, -0.1) is 0 Å². The molecule has 0 atom stereocenters. The monoisotopic (exact) mass is 169 g/mol. The van der Waals surface area contributed by atoms with Gasteiger partial charge in [0, 0.05) is 13.1 Å². The van der Waals surface area contributed by atoms with Crippen molar-refractivity contribution in [2.45, 2.75) is 26.7 Å². The predicted octanol–water partition coefficient (Wildman–Crippen LogP) is 1.74. The van der Waals surface area contributed by atoms with E-state index < -0.39 is 0 Å². The second kappa shape index (κ2) is 5.84. The molecule has 70 valence electrons. The molecule has 1 aliphatic rings. The van der Waals surface area contributed by atoms with E-state index in [1.165, 1.54) is 25.0 Å². The molecule has 0 unspecified atom stereocenters. The van der Waals surface area contributed by atoms with E-state index in [4.69, 9.17) is 0 Å². The molecule has 0 radical (unpaired) electrons. The first-order valence-electron chi connectivity index (χ1n) is 4.42. The van der Waals surface area contributed by atoms with Crippen molar-refractivity contribution in [3.8, 4) is 0 Å². The molecule has 1 rings (SSSR count). The molecule has 2 N–H and O–H groups in total. The van der Waals surface area contributed by atoms with Gasteiger partial charge in [-0.2, -0.15) is 0 Å². The highest BCUT2D eigenvalue weighted by molar-refractivity contribution is 5.19. The Morgan fingerprint density at radius 3 is 2.75 bits per heavy atom. The topological polar surface area (TPSA) is 34.7 Å². The van der Waals surface area contributed by atoms with Gasteiger partial charge in [-0.1, -0.05) is 25.0 Å². The molecule has 0 bridgehead atoms. The van der Waals surface area contributed by atoms with Crippen LogP contribution >= 0.6 is 0 Å². The van der Waals surface area contributed by atoms with Crippen LogP contribution in [0.2, 0.25) is 0 Å². The maximum atomic E-state index is 2.36. The summed E-state index contributed by atoms with van der Waals surface area (Å²) < 4.78 is 0. The molecule has 0 fully saturated rings. The van der Waals surface area contributed by atoms with Crippen LogP contribution in [-0.2, 0) is 0 Å². The van der Waals surface area contributed by atoms with E-state index in [2.05, 4.69) is 37.1 Å². The zero-order chi connectivity index (χ0) is 8.10. The fourth-order valence-electron chi connectivity index (χ4n) is 1.14. The lowest BCUT2D eigenvalue weighted by Gasteiger charge is -2.21. The van der Waals surface area contributed by atoms with Crippen LogP contribution in [-0.4, -0.2) is 23.5 Å². The largest absolute Gasteiger partial charge is 0.412 e. The third-order valence-electron chi connectivity index (χ3n) is 1.99. The molecule has 1 aliphatic heterocycles. The summed E-state index contributed by atoms with van der Waals surface area (Å²) in [6.07, 6.45) is 9.24. The first kappa shape index (κ1) is 11.2. The Balaban J connectivity index is 0.00000121. The Morgan fingerprint density at radius 2 is 2.25 bits per heavy atom. The molecule has 12 heavy (non-hydrogen) atoms. The zero-order valence-corrected chi connectivity index (χ0v) is 8.01. The highest BCUT2D eigenvalue weighted by atomic mass is 16.0. The molecular weight excluding hydrogens is 150 g/mol. The van der Waals surface area contributed by atoms with Gasteiger partial charge in [0.1, 0.15) is 0 Å². The van der Waals surface area contributed by atoms with Crippen LogP contribution in [0.4, 0.5) is 0 Å². The summed E-state index contributed by atoms with van der Waals surface area (Å²) in [5.74, 6) is 0. The van der Waals surface area contributed by atoms with Crippen LogP contribution in [0.15, 0.2) is 23.9 Å². The molecule has 2 heteroatoms. The van der Waals surface area contributed by atoms with Crippen LogP contribution in [0.25, 0.3) is 0 Å². The first-order valence-corrected chi connectivity index (χ1v) is 4.42. The van der Waals surface area contributed by atoms with Crippen LogP contribution in [0, 0.1) is 0 Å². The highest BCUT2D eigenvalue weighted by Gasteiger charge is 1.99. The summed E-state index contributed by atoms with van der Waals surface area (Å²) in [4.78, 5) is 2.36. The Labute approximate surface area is 74.9 Å². The molecule has 2 nitrogen and oxygen atoms in total. The van der Waals surface area contributed by atoms with E-state index in [1.807, 2.05) is 0 Å². The Morgan fingerprint density at radius 1 is 1.50 bits per heavy atom. The minimum absolute atomic E-state index is 0. The van der Waals surface area contributed by atoms with E-state index in [-0.39, 0.29) is 5.48 Å². The number of hydrogen-bond donors (Lipinski definition) is 0. The van der Waals surface area contributed by atoms with Crippen molar-refractivity contribution >= 4 is 0 Å². The molecule has 0 saturated carbocycles. The number of nitrogens with zero attached hydrogens (tertiary/aromatic N) is 1. The number of rotatable bonds is 3. The van der Waals surface area contributed by atoms with E-state index in [1.54, 1.807) is 0 Å². The van der Waals surface area contributed by atoms with Crippen molar-refractivity contribution in [3.05, 3.63) is 23.9 Å². The van der Waals surface area contributed by atoms with Crippen molar-refractivity contribution in [3.63, 3.8) is 0 Å². The first-order chi connectivity index (χ1) is 5.33. The zero-order valence-electron chi connectivity index (χ0n) is 8.01. The molecule has 0 aliphatic carbocycles. The highest BCUT2D eigenvalue weighted by Crippen LogP contribution is 2.06. The summed E-state index contributed by atoms with van der Waals surface area (Å²) in [5, 5.41) is 0. The van der Waals surface area contributed by atoms with Gasteiger partial charge in [-0.3, -0.25) is 0 Å². The fraction of sp³-hybridized carbons (Fsp3) is 0.600. The maximum Gasteiger partial charge on any atom is 0.0359 e. The van der Waals surface area contributed by atoms with Crippen LogP contribution in [0.5, 0.6) is 0 Å². The lowest BCUT2D eigenvalue weighted by Crippen LogP contribution is -2.20. The molecule has 0 saturated heterocycles. The normalized spacial score (nSPS) is 15.5. The lowest BCUT2D eigenvalue weighted by atomic mass is 10.2. The Kier molecular flexibility index (Phi) is 5.47. The van der Waals surface area contributed by atoms with Crippen LogP contribution in [0.3, 0.4) is 0 Å². The van der Waals surface area contributed by atoms with Gasteiger partial charge in [0.2, 0.25) is 0 Å². The van der Waals surface area contributed by atoms with E-state index >= 15 is 0 Å². The third-order valence-corrected chi connectivity index (χ3v) is 1.99. The van der Waals surface area contributed by atoms with Gasteiger partial charge < -0.3 is 10.4 Å². The quantitative estimate of drug-likeness (QED) is 0.633. The van der Waals surface area contributed by atoms with Crippen molar-refractivity contribution in [2.24, 2.45) is 0 Å². The second-order valence-corrected chi connectivity index (χ2v) is 3.11. The SMILES string of the molecule is CCCCN1C=CC(C)=CC1.O. The number of unbranched alkanes of at least 4 members (excludes halogenated alkanes) is 1. The van der Waals surface area contributed by atoms with Crippen molar-refractivity contribution < 1.29 is 5.48 Å². The van der Waals surface area contributed by atoms with Crippen LogP contribution < -0.4 is 0 Å². The van der Waals surface area contributed by atoms with Gasteiger partial charge in [-0.05, 0) is 25.6 Å². The predicted molar refractivity (Wildman–Crippen MR) is 53.0 cm³/mol. The van der Waals surface area contributed by atoms with Gasteiger partial charge in [0.25, 0.3) is 0 Å². The fourth-order valence-corrected chi connectivity index (χ4v) is 1.14. The molecule has 0 aromatic heterocycles. The summed E-state index contributed by atoms with van der Waals surface area (Å²) in [6, 6.07) is 0. The van der Waals surface area contributed by atoms with E-state index in [9.17, 15) is 0 Å². The number of allylic oxidation sites excluding steroid dienone is 2. The summed E-state index contributed by atoms with van der Waals surface area (Å²) >= 11 is 0. The molecular formula is C10H19NO. The van der Waals surface area contributed by atoms with Crippen molar-refractivity contribution in [1.29, 1.82) is 0 Å². The minimum atomic E-state index is 0. The summed E-state index contributed by atoms with van der Waals surface area (Å²) in [6.45, 7) is 6.68. The lowest BCUT2D eigenvalue weighted by molar-refractivity contribution is 0.399. The summed E-state index contributed by atoms with van der Waals surface area (Å²) in [7, 11) is 0. The average Bonchev–Trinajstić information content (AvgIpc) is 2.04.